The van der Waals surface area contributed by atoms with Crippen LogP contribution in [-0.2, 0) is 9.53 Å². The van der Waals surface area contributed by atoms with Crippen molar-refractivity contribution in [2.24, 2.45) is 0 Å². The molecule has 0 aromatic rings. The van der Waals surface area contributed by atoms with E-state index in [0.717, 1.165) is 25.7 Å². The Bertz CT molecular complexity index is 218. The summed E-state index contributed by atoms with van der Waals surface area (Å²) in [5.41, 5.74) is -0.416. The van der Waals surface area contributed by atoms with E-state index in [-0.39, 0.29) is 5.97 Å². The smallest absolute Gasteiger partial charge is 0.326 e. The van der Waals surface area contributed by atoms with Crippen LogP contribution in [0.25, 0.3) is 0 Å². The lowest BCUT2D eigenvalue weighted by molar-refractivity contribution is -0.152. The van der Waals surface area contributed by atoms with Gasteiger partial charge < -0.3 is 4.74 Å². The molecule has 0 amide bonds. The molecule has 16 heavy (non-hydrogen) atoms. The highest BCUT2D eigenvalue weighted by Gasteiger charge is 2.39. The molecule has 94 valence electrons. The van der Waals surface area contributed by atoms with Crippen LogP contribution in [0, 0.1) is 0 Å². The molecule has 3 heteroatoms. The fourth-order valence-corrected chi connectivity index (χ4v) is 2.56. The third kappa shape index (κ3) is 3.48. The van der Waals surface area contributed by atoms with Crippen molar-refractivity contribution >= 4 is 5.97 Å². The van der Waals surface area contributed by atoms with Crippen LogP contribution in [0.3, 0.4) is 0 Å². The monoisotopic (exact) mass is 227 g/mol. The van der Waals surface area contributed by atoms with Gasteiger partial charge in [-0.15, -0.1) is 0 Å². The first-order valence-electron chi connectivity index (χ1n) is 6.55. The second-order valence-electron chi connectivity index (χ2n) is 5.02. The lowest BCUT2D eigenvalue weighted by atomic mass is 9.89. The summed E-state index contributed by atoms with van der Waals surface area (Å²) < 4.78 is 5.24. The van der Waals surface area contributed by atoms with Crippen molar-refractivity contribution in [3.05, 3.63) is 0 Å². The Morgan fingerprint density at radius 2 is 1.81 bits per heavy atom. The van der Waals surface area contributed by atoms with Gasteiger partial charge in [0.1, 0.15) is 5.54 Å². The summed E-state index contributed by atoms with van der Waals surface area (Å²) in [4.78, 5) is 12.1. The molecule has 1 N–H and O–H groups in total. The van der Waals surface area contributed by atoms with Gasteiger partial charge in [-0.3, -0.25) is 10.1 Å². The molecule has 1 saturated carbocycles. The maximum Gasteiger partial charge on any atom is 0.326 e. The molecule has 1 aliphatic carbocycles. The molecular formula is C13H25NO2. The third-order valence-electron chi connectivity index (χ3n) is 3.19. The van der Waals surface area contributed by atoms with Crippen molar-refractivity contribution in [1.82, 2.24) is 5.32 Å². The van der Waals surface area contributed by atoms with Gasteiger partial charge in [-0.2, -0.15) is 0 Å². The van der Waals surface area contributed by atoms with E-state index in [1.54, 1.807) is 0 Å². The van der Waals surface area contributed by atoms with Crippen molar-refractivity contribution in [3.8, 4) is 0 Å². The van der Waals surface area contributed by atoms with Gasteiger partial charge in [0.05, 0.1) is 6.61 Å². The van der Waals surface area contributed by atoms with E-state index in [2.05, 4.69) is 19.2 Å². The normalized spacial score (nSPS) is 20.5. The molecule has 3 nitrogen and oxygen atoms in total. The quantitative estimate of drug-likeness (QED) is 0.592. The SMILES string of the molecule is CCOC(=O)C1(NC(C)C)CCCCCC1. The van der Waals surface area contributed by atoms with Crippen LogP contribution in [0.5, 0.6) is 0 Å². The molecular weight excluding hydrogens is 202 g/mol. The highest BCUT2D eigenvalue weighted by atomic mass is 16.5. The molecule has 1 rings (SSSR count). The second-order valence-corrected chi connectivity index (χ2v) is 5.02. The van der Waals surface area contributed by atoms with Gasteiger partial charge in [0, 0.05) is 6.04 Å². The largest absolute Gasteiger partial charge is 0.465 e. The molecule has 1 fully saturated rings. The molecule has 0 radical (unpaired) electrons. The third-order valence-corrected chi connectivity index (χ3v) is 3.19. The minimum absolute atomic E-state index is 0.0504. The molecule has 0 aromatic carbocycles. The van der Waals surface area contributed by atoms with Crippen LogP contribution < -0.4 is 5.32 Å². The van der Waals surface area contributed by atoms with Crippen LogP contribution in [0.1, 0.15) is 59.3 Å². The lowest BCUT2D eigenvalue weighted by Gasteiger charge is -2.33. The number of carbonyl (C=O) groups excluding carboxylic acids is 1. The zero-order valence-electron chi connectivity index (χ0n) is 10.8. The van der Waals surface area contributed by atoms with Crippen LogP contribution in [0.15, 0.2) is 0 Å². The topological polar surface area (TPSA) is 38.3 Å². The molecule has 1 aliphatic rings. The summed E-state index contributed by atoms with van der Waals surface area (Å²) >= 11 is 0. The van der Waals surface area contributed by atoms with Gasteiger partial charge >= 0.3 is 5.97 Å². The van der Waals surface area contributed by atoms with E-state index in [1.807, 2.05) is 6.92 Å². The Balaban J connectivity index is 2.76. The molecule has 0 unspecified atom stereocenters. The number of hydrogen-bond acceptors (Lipinski definition) is 3. The van der Waals surface area contributed by atoms with Gasteiger partial charge in [-0.1, -0.05) is 25.7 Å². The first-order valence-corrected chi connectivity index (χ1v) is 6.55. The Morgan fingerprint density at radius 3 is 2.25 bits per heavy atom. The average Bonchev–Trinajstić information content (AvgIpc) is 2.44. The molecule has 0 saturated heterocycles. The van der Waals surface area contributed by atoms with Gasteiger partial charge in [0.15, 0.2) is 0 Å². The summed E-state index contributed by atoms with van der Waals surface area (Å²) in [5.74, 6) is -0.0504. The van der Waals surface area contributed by atoms with Crippen LogP contribution in [-0.4, -0.2) is 24.2 Å². The Morgan fingerprint density at radius 1 is 1.25 bits per heavy atom. The summed E-state index contributed by atoms with van der Waals surface area (Å²) in [5, 5.41) is 3.45. The predicted octanol–water partition coefficient (Wildman–Crippen LogP) is 2.64. The Labute approximate surface area is 98.9 Å². The Kier molecular flexibility index (Phi) is 5.26. The second kappa shape index (κ2) is 6.24. The molecule has 0 atom stereocenters. The molecule has 0 spiro atoms. The summed E-state index contributed by atoms with van der Waals surface area (Å²) in [6.07, 6.45) is 6.56. The molecule has 0 aromatic heterocycles. The summed E-state index contributed by atoms with van der Waals surface area (Å²) in [6.45, 7) is 6.52. The standard InChI is InChI=1S/C13H25NO2/c1-4-16-12(15)13(14-11(2)3)9-7-5-6-8-10-13/h11,14H,4-10H2,1-3H3. The number of carbonyl (C=O) groups is 1. The van der Waals surface area contributed by atoms with Gasteiger partial charge in [-0.05, 0) is 33.6 Å². The molecule has 0 heterocycles. The van der Waals surface area contributed by atoms with Crippen molar-refractivity contribution in [2.45, 2.75) is 70.9 Å². The van der Waals surface area contributed by atoms with Crippen LogP contribution >= 0.6 is 0 Å². The fraction of sp³-hybridized carbons (Fsp3) is 0.923. The van der Waals surface area contributed by atoms with Gasteiger partial charge in [0.25, 0.3) is 0 Å². The van der Waals surface area contributed by atoms with E-state index in [9.17, 15) is 4.79 Å². The van der Waals surface area contributed by atoms with Crippen molar-refractivity contribution in [1.29, 1.82) is 0 Å². The van der Waals surface area contributed by atoms with Crippen molar-refractivity contribution in [2.75, 3.05) is 6.61 Å². The number of esters is 1. The number of hydrogen-bond donors (Lipinski definition) is 1. The highest BCUT2D eigenvalue weighted by Crippen LogP contribution is 2.29. The zero-order chi connectivity index (χ0) is 12.0. The van der Waals surface area contributed by atoms with E-state index in [1.165, 1.54) is 12.8 Å². The number of rotatable bonds is 4. The maximum absolute atomic E-state index is 12.1. The highest BCUT2D eigenvalue weighted by molar-refractivity contribution is 5.81. The fourth-order valence-electron chi connectivity index (χ4n) is 2.56. The minimum atomic E-state index is -0.416. The average molecular weight is 227 g/mol. The van der Waals surface area contributed by atoms with E-state index in [0.29, 0.717) is 12.6 Å². The molecule has 0 bridgehead atoms. The lowest BCUT2D eigenvalue weighted by Crippen LogP contribution is -2.55. The maximum atomic E-state index is 12.1. The van der Waals surface area contributed by atoms with E-state index >= 15 is 0 Å². The summed E-state index contributed by atoms with van der Waals surface area (Å²) in [7, 11) is 0. The van der Waals surface area contributed by atoms with Crippen LogP contribution in [0.2, 0.25) is 0 Å². The van der Waals surface area contributed by atoms with Crippen LogP contribution in [0.4, 0.5) is 0 Å². The number of ether oxygens (including phenoxy) is 1. The predicted molar refractivity (Wildman–Crippen MR) is 65.3 cm³/mol. The first kappa shape index (κ1) is 13.5. The Hall–Kier alpha value is -0.570. The molecule has 0 aliphatic heterocycles. The minimum Gasteiger partial charge on any atom is -0.465 e. The number of nitrogens with one attached hydrogen (secondary N) is 1. The van der Waals surface area contributed by atoms with Crippen molar-refractivity contribution in [3.63, 3.8) is 0 Å². The zero-order valence-corrected chi connectivity index (χ0v) is 10.8. The van der Waals surface area contributed by atoms with E-state index < -0.39 is 5.54 Å². The van der Waals surface area contributed by atoms with E-state index in [4.69, 9.17) is 4.74 Å². The van der Waals surface area contributed by atoms with Gasteiger partial charge in [-0.25, -0.2) is 0 Å². The van der Waals surface area contributed by atoms with Gasteiger partial charge in [0.2, 0.25) is 0 Å². The first-order chi connectivity index (χ1) is 7.60. The summed E-state index contributed by atoms with van der Waals surface area (Å²) in [6, 6.07) is 0.322. The van der Waals surface area contributed by atoms with Crippen molar-refractivity contribution < 1.29 is 9.53 Å².